The summed E-state index contributed by atoms with van der Waals surface area (Å²) in [4.78, 5) is 12.3. The van der Waals surface area contributed by atoms with E-state index in [4.69, 9.17) is 4.74 Å². The van der Waals surface area contributed by atoms with E-state index in [1.54, 1.807) is 0 Å². The second kappa shape index (κ2) is 8.66. The highest BCUT2D eigenvalue weighted by Gasteiger charge is 2.20. The standard InChI is InChI=1S/C19H26O2/c1-2-3-5-12-17-13-8-9-14-18(17)19(20)21-15-16-10-6-4-7-11-16/h4,6-7,10-11H,2-3,5,8-9,12-15H2,1H3. The van der Waals surface area contributed by atoms with Crippen LogP contribution in [0, 0.1) is 0 Å². The Morgan fingerprint density at radius 1 is 1.10 bits per heavy atom. The van der Waals surface area contributed by atoms with Gasteiger partial charge in [-0.3, -0.25) is 0 Å². The fourth-order valence-electron chi connectivity index (χ4n) is 2.89. The average molecular weight is 286 g/mol. The van der Waals surface area contributed by atoms with Crippen molar-refractivity contribution in [2.45, 2.75) is 64.9 Å². The number of carbonyl (C=O) groups is 1. The molecule has 0 atom stereocenters. The summed E-state index contributed by atoms with van der Waals surface area (Å²) in [5.41, 5.74) is 3.37. The SMILES string of the molecule is CCCCCC1=C(C(=O)OCc2ccccc2)CCCC1. The number of esters is 1. The van der Waals surface area contributed by atoms with E-state index in [-0.39, 0.29) is 5.97 Å². The second-order valence-electron chi connectivity index (χ2n) is 5.81. The number of hydrogen-bond acceptors (Lipinski definition) is 2. The minimum Gasteiger partial charge on any atom is -0.457 e. The molecule has 2 rings (SSSR count). The summed E-state index contributed by atoms with van der Waals surface area (Å²) in [5, 5.41) is 0. The molecule has 0 fully saturated rings. The molecule has 1 aliphatic rings. The lowest BCUT2D eigenvalue weighted by Crippen LogP contribution is -2.13. The third kappa shape index (κ3) is 5.04. The fourth-order valence-corrected chi connectivity index (χ4v) is 2.89. The zero-order valence-electron chi connectivity index (χ0n) is 13.1. The van der Waals surface area contributed by atoms with Crippen molar-refractivity contribution >= 4 is 5.97 Å². The molecule has 0 N–H and O–H groups in total. The number of rotatable bonds is 7. The van der Waals surface area contributed by atoms with Gasteiger partial charge < -0.3 is 4.74 Å². The van der Waals surface area contributed by atoms with Gasteiger partial charge in [0, 0.05) is 5.57 Å². The van der Waals surface area contributed by atoms with Crippen molar-refractivity contribution < 1.29 is 9.53 Å². The molecule has 0 spiro atoms. The van der Waals surface area contributed by atoms with E-state index in [0.717, 1.165) is 36.8 Å². The van der Waals surface area contributed by atoms with E-state index in [0.29, 0.717) is 6.61 Å². The maximum absolute atomic E-state index is 12.3. The van der Waals surface area contributed by atoms with Crippen LogP contribution in [-0.4, -0.2) is 5.97 Å². The molecule has 0 radical (unpaired) electrons. The fraction of sp³-hybridized carbons (Fsp3) is 0.526. The van der Waals surface area contributed by atoms with Gasteiger partial charge in [0.1, 0.15) is 6.61 Å². The van der Waals surface area contributed by atoms with Crippen molar-refractivity contribution in [3.8, 4) is 0 Å². The number of hydrogen-bond donors (Lipinski definition) is 0. The summed E-state index contributed by atoms with van der Waals surface area (Å²) in [6, 6.07) is 9.90. The highest BCUT2D eigenvalue weighted by molar-refractivity contribution is 5.89. The van der Waals surface area contributed by atoms with E-state index in [1.807, 2.05) is 30.3 Å². The number of unbranched alkanes of at least 4 members (excludes halogenated alkanes) is 2. The lowest BCUT2D eigenvalue weighted by atomic mass is 9.88. The minimum atomic E-state index is -0.0925. The number of allylic oxidation sites excluding steroid dienone is 1. The number of carbonyl (C=O) groups excluding carboxylic acids is 1. The second-order valence-corrected chi connectivity index (χ2v) is 5.81. The van der Waals surface area contributed by atoms with Crippen LogP contribution in [0.1, 0.15) is 63.9 Å². The molecular formula is C19H26O2. The van der Waals surface area contributed by atoms with Gasteiger partial charge >= 0.3 is 5.97 Å². The molecule has 0 aliphatic heterocycles. The first-order chi connectivity index (χ1) is 10.3. The number of ether oxygens (including phenoxy) is 1. The molecule has 114 valence electrons. The van der Waals surface area contributed by atoms with Gasteiger partial charge in [0.2, 0.25) is 0 Å². The van der Waals surface area contributed by atoms with E-state index < -0.39 is 0 Å². The van der Waals surface area contributed by atoms with Crippen molar-refractivity contribution in [2.75, 3.05) is 0 Å². The van der Waals surface area contributed by atoms with Crippen LogP contribution in [0.15, 0.2) is 41.5 Å². The van der Waals surface area contributed by atoms with Crippen molar-refractivity contribution in [1.82, 2.24) is 0 Å². The van der Waals surface area contributed by atoms with Crippen molar-refractivity contribution in [3.05, 3.63) is 47.0 Å². The van der Waals surface area contributed by atoms with Gasteiger partial charge in [-0.05, 0) is 44.1 Å². The summed E-state index contributed by atoms with van der Waals surface area (Å²) in [7, 11) is 0. The zero-order chi connectivity index (χ0) is 14.9. The van der Waals surface area contributed by atoms with Gasteiger partial charge in [0.05, 0.1) is 0 Å². The van der Waals surface area contributed by atoms with Gasteiger partial charge in [-0.25, -0.2) is 4.79 Å². The smallest absolute Gasteiger partial charge is 0.334 e. The lowest BCUT2D eigenvalue weighted by Gasteiger charge is -2.19. The molecule has 1 aliphatic carbocycles. The first-order valence-electron chi connectivity index (χ1n) is 8.23. The Hall–Kier alpha value is -1.57. The van der Waals surface area contributed by atoms with Gasteiger partial charge in [-0.2, -0.15) is 0 Å². The summed E-state index contributed by atoms with van der Waals surface area (Å²) in [6.45, 7) is 2.59. The average Bonchev–Trinajstić information content (AvgIpc) is 2.54. The van der Waals surface area contributed by atoms with Crippen LogP contribution in [0.5, 0.6) is 0 Å². The highest BCUT2D eigenvalue weighted by Crippen LogP contribution is 2.29. The monoisotopic (exact) mass is 286 g/mol. The Balaban J connectivity index is 1.93. The molecule has 0 saturated carbocycles. The van der Waals surface area contributed by atoms with E-state index in [1.165, 1.54) is 31.3 Å². The summed E-state index contributed by atoms with van der Waals surface area (Å²) < 4.78 is 5.51. The van der Waals surface area contributed by atoms with Crippen molar-refractivity contribution in [2.24, 2.45) is 0 Å². The van der Waals surface area contributed by atoms with Crippen molar-refractivity contribution in [1.29, 1.82) is 0 Å². The first kappa shape index (κ1) is 15.8. The van der Waals surface area contributed by atoms with Crippen LogP contribution in [0.4, 0.5) is 0 Å². The lowest BCUT2D eigenvalue weighted by molar-refractivity contribution is -0.140. The predicted molar refractivity (Wildman–Crippen MR) is 85.9 cm³/mol. The first-order valence-corrected chi connectivity index (χ1v) is 8.23. The molecular weight excluding hydrogens is 260 g/mol. The Labute approximate surface area is 128 Å². The van der Waals surface area contributed by atoms with Gasteiger partial charge in [0.25, 0.3) is 0 Å². The summed E-state index contributed by atoms with van der Waals surface area (Å²) >= 11 is 0. The van der Waals surface area contributed by atoms with Crippen LogP contribution in [-0.2, 0) is 16.1 Å². The quantitative estimate of drug-likeness (QED) is 0.510. The molecule has 0 unspecified atom stereocenters. The highest BCUT2D eigenvalue weighted by atomic mass is 16.5. The van der Waals surface area contributed by atoms with Crippen molar-refractivity contribution in [3.63, 3.8) is 0 Å². The van der Waals surface area contributed by atoms with Crippen LogP contribution >= 0.6 is 0 Å². The van der Waals surface area contributed by atoms with E-state index >= 15 is 0 Å². The molecule has 21 heavy (non-hydrogen) atoms. The molecule has 0 aromatic heterocycles. The molecule has 0 saturated heterocycles. The summed E-state index contributed by atoms with van der Waals surface area (Å²) in [5.74, 6) is -0.0925. The van der Waals surface area contributed by atoms with E-state index in [9.17, 15) is 4.79 Å². The Morgan fingerprint density at radius 2 is 1.86 bits per heavy atom. The molecule has 1 aromatic carbocycles. The maximum Gasteiger partial charge on any atom is 0.334 e. The Bertz CT molecular complexity index is 474. The molecule has 2 heteroatoms. The van der Waals surface area contributed by atoms with Gasteiger partial charge in [-0.15, -0.1) is 0 Å². The molecule has 0 amide bonds. The topological polar surface area (TPSA) is 26.3 Å². The third-order valence-corrected chi connectivity index (χ3v) is 4.12. The van der Waals surface area contributed by atoms with Crippen LogP contribution in [0.2, 0.25) is 0 Å². The normalized spacial score (nSPS) is 15.1. The molecule has 0 heterocycles. The molecule has 2 nitrogen and oxygen atoms in total. The van der Waals surface area contributed by atoms with E-state index in [2.05, 4.69) is 6.92 Å². The summed E-state index contributed by atoms with van der Waals surface area (Å²) in [6.07, 6.45) is 9.06. The third-order valence-electron chi connectivity index (χ3n) is 4.12. The largest absolute Gasteiger partial charge is 0.457 e. The van der Waals surface area contributed by atoms with Crippen LogP contribution < -0.4 is 0 Å². The zero-order valence-corrected chi connectivity index (χ0v) is 13.1. The minimum absolute atomic E-state index is 0.0925. The number of benzene rings is 1. The predicted octanol–water partition coefficient (Wildman–Crippen LogP) is 5.18. The maximum atomic E-state index is 12.3. The molecule has 1 aromatic rings. The van der Waals surface area contributed by atoms with Gasteiger partial charge in [0.15, 0.2) is 0 Å². The Kier molecular flexibility index (Phi) is 6.52. The van der Waals surface area contributed by atoms with Crippen LogP contribution in [0.3, 0.4) is 0 Å². The van der Waals surface area contributed by atoms with Gasteiger partial charge in [-0.1, -0.05) is 55.7 Å². The Morgan fingerprint density at radius 3 is 2.62 bits per heavy atom. The van der Waals surface area contributed by atoms with Crippen LogP contribution in [0.25, 0.3) is 0 Å². The molecule has 0 bridgehead atoms.